The highest BCUT2D eigenvalue weighted by Gasteiger charge is 2.11. The molecule has 1 heterocycles. The molecule has 0 aliphatic heterocycles. The Morgan fingerprint density at radius 2 is 1.89 bits per heavy atom. The average Bonchev–Trinajstić information content (AvgIpc) is 2.35. The first kappa shape index (κ1) is 13.3. The number of anilines is 1. The molecule has 1 N–H and O–H groups in total. The number of hydrogen-bond donors (Lipinski definition) is 1. The molecule has 0 atom stereocenters. The zero-order chi connectivity index (χ0) is 13.1. The van der Waals surface area contributed by atoms with Crippen LogP contribution in [0.15, 0.2) is 41.0 Å². The molecule has 0 fully saturated rings. The molecule has 0 radical (unpaired) electrons. The number of pyridine rings is 1. The van der Waals surface area contributed by atoms with Crippen molar-refractivity contribution in [2.45, 2.75) is 0 Å². The van der Waals surface area contributed by atoms with Crippen LogP contribution in [0.25, 0.3) is 0 Å². The third-order valence-electron chi connectivity index (χ3n) is 2.14. The molecule has 0 aliphatic carbocycles. The molecule has 0 saturated heterocycles. The van der Waals surface area contributed by atoms with Gasteiger partial charge in [0.2, 0.25) is 0 Å². The van der Waals surface area contributed by atoms with E-state index in [2.05, 4.69) is 26.2 Å². The van der Waals surface area contributed by atoms with Crippen molar-refractivity contribution in [2.75, 3.05) is 5.32 Å². The van der Waals surface area contributed by atoms with E-state index in [-0.39, 0.29) is 5.91 Å². The van der Waals surface area contributed by atoms with Crippen LogP contribution in [-0.2, 0) is 0 Å². The number of rotatable bonds is 2. The number of carbonyl (C=O) groups excluding carboxylic acids is 1. The lowest BCUT2D eigenvalue weighted by Crippen LogP contribution is -2.13. The second-order valence-corrected chi connectivity index (χ2v) is 5.17. The van der Waals surface area contributed by atoms with Crippen LogP contribution in [-0.4, -0.2) is 10.9 Å². The van der Waals surface area contributed by atoms with E-state index in [1.54, 1.807) is 30.3 Å². The minimum atomic E-state index is -0.292. The molecule has 2 rings (SSSR count). The molecule has 3 nitrogen and oxygen atoms in total. The van der Waals surface area contributed by atoms with Crippen molar-refractivity contribution in [3.8, 4) is 0 Å². The molecule has 6 heteroatoms. The van der Waals surface area contributed by atoms with Gasteiger partial charge in [0.05, 0.1) is 10.6 Å². The molecule has 92 valence electrons. The number of nitrogens with one attached hydrogen (secondary N) is 1. The summed E-state index contributed by atoms with van der Waals surface area (Å²) in [6.45, 7) is 0. The third-order valence-corrected chi connectivity index (χ3v) is 3.29. The molecule has 0 spiro atoms. The van der Waals surface area contributed by atoms with Gasteiger partial charge in [-0.15, -0.1) is 0 Å². The maximum Gasteiger partial charge on any atom is 0.258 e. The second-order valence-electron chi connectivity index (χ2n) is 3.44. The first-order chi connectivity index (χ1) is 8.56. The highest BCUT2D eigenvalue weighted by Crippen LogP contribution is 2.22. The summed E-state index contributed by atoms with van der Waals surface area (Å²) in [5, 5.41) is 3.66. The van der Waals surface area contributed by atoms with Crippen LogP contribution in [0.4, 0.5) is 5.82 Å². The zero-order valence-electron chi connectivity index (χ0n) is 8.95. The predicted octanol–water partition coefficient (Wildman–Crippen LogP) is 4.40. The average molecular weight is 346 g/mol. The Bertz CT molecular complexity index is 587. The smallest absolute Gasteiger partial charge is 0.258 e. The Morgan fingerprint density at radius 3 is 2.56 bits per heavy atom. The van der Waals surface area contributed by atoms with Gasteiger partial charge in [-0.1, -0.05) is 23.2 Å². The topological polar surface area (TPSA) is 42.0 Å². The summed E-state index contributed by atoms with van der Waals surface area (Å²) in [6, 6.07) is 8.27. The maximum absolute atomic E-state index is 12.0. The lowest BCUT2D eigenvalue weighted by atomic mass is 10.2. The standard InChI is InChI=1S/C12H7BrCl2N2O/c13-10-3-1-7(14)5-9(10)12(18)17-11-4-2-8(15)6-16-11/h1-6H,(H,16,17,18). The SMILES string of the molecule is O=C(Nc1ccc(Cl)cn1)c1cc(Cl)ccc1Br. The van der Waals surface area contributed by atoms with E-state index in [0.717, 1.165) is 0 Å². The van der Waals surface area contributed by atoms with Gasteiger partial charge in [-0.25, -0.2) is 4.98 Å². The zero-order valence-corrected chi connectivity index (χ0v) is 12.1. The van der Waals surface area contributed by atoms with Crippen molar-refractivity contribution in [1.82, 2.24) is 4.98 Å². The number of halogens is 3. The lowest BCUT2D eigenvalue weighted by Gasteiger charge is -2.06. The first-order valence-electron chi connectivity index (χ1n) is 4.94. The van der Waals surface area contributed by atoms with Crippen LogP contribution in [0.2, 0.25) is 10.0 Å². The van der Waals surface area contributed by atoms with E-state index in [0.29, 0.717) is 25.9 Å². The lowest BCUT2D eigenvalue weighted by molar-refractivity contribution is 0.102. The van der Waals surface area contributed by atoms with Gasteiger partial charge in [0.15, 0.2) is 0 Å². The minimum Gasteiger partial charge on any atom is -0.307 e. The number of nitrogens with zero attached hydrogens (tertiary/aromatic N) is 1. The van der Waals surface area contributed by atoms with Gasteiger partial charge >= 0.3 is 0 Å². The molecule has 18 heavy (non-hydrogen) atoms. The van der Waals surface area contributed by atoms with Crippen molar-refractivity contribution in [2.24, 2.45) is 0 Å². The van der Waals surface area contributed by atoms with Crippen molar-refractivity contribution < 1.29 is 4.79 Å². The fraction of sp³-hybridized carbons (Fsp3) is 0. The third kappa shape index (κ3) is 3.22. The summed E-state index contributed by atoms with van der Waals surface area (Å²) < 4.78 is 0.665. The Hall–Kier alpha value is -1.10. The number of amides is 1. The molecule has 0 bridgehead atoms. The monoisotopic (exact) mass is 344 g/mol. The second kappa shape index (κ2) is 5.69. The van der Waals surface area contributed by atoms with Gasteiger partial charge in [-0.3, -0.25) is 4.79 Å². The number of aromatic nitrogens is 1. The summed E-state index contributed by atoms with van der Waals surface area (Å²) in [5.41, 5.74) is 0.444. The van der Waals surface area contributed by atoms with Crippen molar-refractivity contribution in [3.63, 3.8) is 0 Å². The minimum absolute atomic E-state index is 0.292. The van der Waals surface area contributed by atoms with E-state index >= 15 is 0 Å². The van der Waals surface area contributed by atoms with Crippen LogP contribution in [0.1, 0.15) is 10.4 Å². The van der Waals surface area contributed by atoms with E-state index in [4.69, 9.17) is 23.2 Å². The van der Waals surface area contributed by atoms with Crippen LogP contribution in [0.5, 0.6) is 0 Å². The summed E-state index contributed by atoms with van der Waals surface area (Å²) in [5.74, 6) is 0.135. The molecule has 1 aromatic heterocycles. The number of carbonyl (C=O) groups is 1. The number of hydrogen-bond acceptors (Lipinski definition) is 2. The molecule has 1 amide bonds. The van der Waals surface area contributed by atoms with E-state index < -0.39 is 0 Å². The Kier molecular flexibility index (Phi) is 4.22. The highest BCUT2D eigenvalue weighted by atomic mass is 79.9. The van der Waals surface area contributed by atoms with Crippen molar-refractivity contribution >= 4 is 50.9 Å². The Morgan fingerprint density at radius 1 is 1.17 bits per heavy atom. The van der Waals surface area contributed by atoms with Crippen LogP contribution < -0.4 is 5.32 Å². The summed E-state index contributed by atoms with van der Waals surface area (Å²) in [7, 11) is 0. The van der Waals surface area contributed by atoms with E-state index in [1.165, 1.54) is 6.20 Å². The van der Waals surface area contributed by atoms with Gasteiger partial charge in [-0.05, 0) is 46.3 Å². The molecule has 0 aliphatic rings. The van der Waals surface area contributed by atoms with Gasteiger partial charge in [0.1, 0.15) is 5.82 Å². The molecule has 1 aromatic carbocycles. The fourth-order valence-electron chi connectivity index (χ4n) is 1.30. The fourth-order valence-corrected chi connectivity index (χ4v) is 2.02. The first-order valence-corrected chi connectivity index (χ1v) is 6.49. The quantitative estimate of drug-likeness (QED) is 0.876. The summed E-state index contributed by atoms with van der Waals surface area (Å²) in [4.78, 5) is 16.0. The normalized spacial score (nSPS) is 10.2. The molecule has 2 aromatic rings. The molecule has 0 saturated carbocycles. The summed E-state index contributed by atoms with van der Waals surface area (Å²) in [6.07, 6.45) is 1.46. The molecular weight excluding hydrogens is 339 g/mol. The summed E-state index contributed by atoms with van der Waals surface area (Å²) >= 11 is 14.9. The maximum atomic E-state index is 12.0. The van der Waals surface area contributed by atoms with E-state index in [9.17, 15) is 4.79 Å². The van der Waals surface area contributed by atoms with Crippen LogP contribution in [0, 0.1) is 0 Å². The molecule has 0 unspecified atom stereocenters. The Labute approximate surface area is 122 Å². The van der Waals surface area contributed by atoms with Crippen LogP contribution >= 0.6 is 39.1 Å². The Balaban J connectivity index is 2.21. The van der Waals surface area contributed by atoms with Crippen molar-refractivity contribution in [3.05, 3.63) is 56.6 Å². The molecular formula is C12H7BrCl2N2O. The largest absolute Gasteiger partial charge is 0.307 e. The van der Waals surface area contributed by atoms with Gasteiger partial charge in [-0.2, -0.15) is 0 Å². The predicted molar refractivity (Wildman–Crippen MR) is 76.4 cm³/mol. The van der Waals surface area contributed by atoms with Gasteiger partial charge in [0.25, 0.3) is 5.91 Å². The highest BCUT2D eigenvalue weighted by molar-refractivity contribution is 9.10. The van der Waals surface area contributed by atoms with E-state index in [1.807, 2.05) is 0 Å². The number of benzene rings is 1. The van der Waals surface area contributed by atoms with Crippen LogP contribution in [0.3, 0.4) is 0 Å². The van der Waals surface area contributed by atoms with Gasteiger partial charge in [0, 0.05) is 15.7 Å². The van der Waals surface area contributed by atoms with Gasteiger partial charge < -0.3 is 5.32 Å². The van der Waals surface area contributed by atoms with Crippen molar-refractivity contribution in [1.29, 1.82) is 0 Å².